The predicted molar refractivity (Wildman–Crippen MR) is 61.6 cm³/mol. The van der Waals surface area contributed by atoms with E-state index in [1.807, 2.05) is 0 Å². The molecule has 0 aliphatic carbocycles. The second-order valence-electron chi connectivity index (χ2n) is 3.17. The van der Waals surface area contributed by atoms with Gasteiger partial charge in [0.15, 0.2) is 0 Å². The van der Waals surface area contributed by atoms with Gasteiger partial charge in [-0.1, -0.05) is 0 Å². The lowest BCUT2D eigenvalue weighted by atomic mass is 10.5. The van der Waals surface area contributed by atoms with Crippen LogP contribution in [0.4, 0.5) is 0 Å². The van der Waals surface area contributed by atoms with Gasteiger partial charge < -0.3 is 0 Å². The summed E-state index contributed by atoms with van der Waals surface area (Å²) in [6, 6.07) is 0. The molecule has 0 radical (unpaired) electrons. The normalized spacial score (nSPS) is 12.6. The molecule has 0 saturated carbocycles. The third-order valence-electron chi connectivity index (χ3n) is 1.49. The maximum absolute atomic E-state index is 11.0. The van der Waals surface area contributed by atoms with Gasteiger partial charge in [0.2, 0.25) is 0 Å². The summed E-state index contributed by atoms with van der Waals surface area (Å²) in [5.74, 6) is -1.03. The van der Waals surface area contributed by atoms with Crippen LogP contribution in [0.2, 0.25) is 0 Å². The highest BCUT2D eigenvalue weighted by Crippen LogP contribution is 2.23. The van der Waals surface area contributed by atoms with Gasteiger partial charge in [0.25, 0.3) is 20.2 Å². The molecule has 12 heteroatoms. The van der Waals surface area contributed by atoms with Crippen LogP contribution in [0.3, 0.4) is 0 Å². The standard InChI is InChI=1S/C6H13O9PS2/c7-16(14-3-1-5-17(8,9)10)15-4-2-6-18(11,12)13/h1-6H2,(H-,8,9,10,11,12,13)/p+1. The van der Waals surface area contributed by atoms with Crippen molar-refractivity contribution in [3.05, 3.63) is 0 Å². The van der Waals surface area contributed by atoms with E-state index in [2.05, 4.69) is 9.05 Å². The van der Waals surface area contributed by atoms with Crippen molar-refractivity contribution >= 4 is 28.5 Å². The van der Waals surface area contributed by atoms with Gasteiger partial charge >= 0.3 is 8.25 Å². The molecule has 0 aliphatic rings. The van der Waals surface area contributed by atoms with Crippen LogP contribution in [-0.4, -0.2) is 50.7 Å². The van der Waals surface area contributed by atoms with Crippen molar-refractivity contribution in [3.63, 3.8) is 0 Å². The van der Waals surface area contributed by atoms with Crippen LogP contribution in [0.15, 0.2) is 0 Å². The molecule has 0 aromatic carbocycles. The first-order valence-electron chi connectivity index (χ1n) is 4.73. The summed E-state index contributed by atoms with van der Waals surface area (Å²) in [7, 11) is -10.6. The van der Waals surface area contributed by atoms with Gasteiger partial charge in [-0.05, 0) is 12.8 Å². The molecule has 0 bridgehead atoms. The van der Waals surface area contributed by atoms with E-state index >= 15 is 0 Å². The SMILES string of the molecule is O=[P+](OCCCS(=O)(=O)O)OCCCS(=O)(=O)O. The van der Waals surface area contributed by atoms with Crippen LogP contribution < -0.4 is 0 Å². The first kappa shape index (κ1) is 17.8. The molecule has 0 aliphatic heterocycles. The quantitative estimate of drug-likeness (QED) is 0.327. The van der Waals surface area contributed by atoms with Gasteiger partial charge in [0.1, 0.15) is 13.2 Å². The highest BCUT2D eigenvalue weighted by Gasteiger charge is 2.20. The minimum Gasteiger partial charge on any atom is -0.286 e. The van der Waals surface area contributed by atoms with E-state index in [1.165, 1.54) is 0 Å². The molecule has 0 spiro atoms. The highest BCUT2D eigenvalue weighted by atomic mass is 32.2. The van der Waals surface area contributed by atoms with Crippen molar-refractivity contribution in [2.75, 3.05) is 24.7 Å². The maximum atomic E-state index is 11.0. The Hall–Kier alpha value is -0.160. The minimum absolute atomic E-state index is 0.0473. The molecular weight excluding hydrogens is 311 g/mol. The third-order valence-corrected chi connectivity index (χ3v) is 3.88. The second kappa shape index (κ2) is 8.10. The summed E-state index contributed by atoms with van der Waals surface area (Å²) < 4.78 is 78.0. The first-order chi connectivity index (χ1) is 8.10. The summed E-state index contributed by atoms with van der Waals surface area (Å²) in [5, 5.41) is 0. The van der Waals surface area contributed by atoms with E-state index in [0.717, 1.165) is 0 Å². The molecular formula is C6H14O9PS2+. The molecule has 0 amide bonds. The lowest BCUT2D eigenvalue weighted by Crippen LogP contribution is -2.07. The average molecular weight is 325 g/mol. The Balaban J connectivity index is 3.55. The fourth-order valence-corrected chi connectivity index (χ4v) is 2.39. The van der Waals surface area contributed by atoms with Crippen molar-refractivity contribution in [3.8, 4) is 0 Å². The van der Waals surface area contributed by atoms with Crippen molar-refractivity contribution in [2.45, 2.75) is 12.8 Å². The Bertz CT molecular complexity index is 411. The Morgan fingerprint density at radius 2 is 1.17 bits per heavy atom. The summed E-state index contributed by atoms with van der Waals surface area (Å²) in [4.78, 5) is 0. The van der Waals surface area contributed by atoms with Gasteiger partial charge in [-0.25, -0.2) is 0 Å². The summed E-state index contributed by atoms with van der Waals surface area (Å²) in [6.45, 7) is -0.374. The highest BCUT2D eigenvalue weighted by molar-refractivity contribution is 7.86. The Morgan fingerprint density at radius 3 is 1.44 bits per heavy atom. The molecule has 0 unspecified atom stereocenters. The third kappa shape index (κ3) is 13.9. The van der Waals surface area contributed by atoms with Gasteiger partial charge in [0, 0.05) is 4.57 Å². The van der Waals surface area contributed by atoms with Crippen LogP contribution in [0.1, 0.15) is 12.8 Å². The topological polar surface area (TPSA) is 144 Å². The molecule has 0 saturated heterocycles. The van der Waals surface area contributed by atoms with E-state index in [1.54, 1.807) is 0 Å². The maximum Gasteiger partial charge on any atom is 0.697 e. The fraction of sp³-hybridized carbons (Fsp3) is 1.00. The predicted octanol–water partition coefficient (Wildman–Crippen LogP) is 0.233. The van der Waals surface area contributed by atoms with E-state index in [0.29, 0.717) is 0 Å². The molecule has 0 aromatic heterocycles. The number of hydrogen-bond acceptors (Lipinski definition) is 7. The van der Waals surface area contributed by atoms with E-state index < -0.39 is 40.0 Å². The zero-order chi connectivity index (χ0) is 14.2. The largest absolute Gasteiger partial charge is 0.697 e. The molecule has 9 nitrogen and oxygen atoms in total. The lowest BCUT2D eigenvalue weighted by Gasteiger charge is -1.94. The zero-order valence-corrected chi connectivity index (χ0v) is 11.8. The summed E-state index contributed by atoms with van der Waals surface area (Å²) in [6.07, 6.45) is -0.0947. The summed E-state index contributed by atoms with van der Waals surface area (Å²) >= 11 is 0. The smallest absolute Gasteiger partial charge is 0.286 e. The van der Waals surface area contributed by atoms with Crippen LogP contribution >= 0.6 is 8.25 Å². The fourth-order valence-electron chi connectivity index (χ4n) is 0.798. The van der Waals surface area contributed by atoms with E-state index in [9.17, 15) is 21.4 Å². The monoisotopic (exact) mass is 325 g/mol. The van der Waals surface area contributed by atoms with Gasteiger partial charge in [0.05, 0.1) is 11.5 Å². The van der Waals surface area contributed by atoms with E-state index in [-0.39, 0.29) is 26.1 Å². The number of hydrogen-bond donors (Lipinski definition) is 2. The van der Waals surface area contributed by atoms with Crippen LogP contribution in [0.25, 0.3) is 0 Å². The molecule has 0 fully saturated rings. The zero-order valence-electron chi connectivity index (χ0n) is 9.26. The van der Waals surface area contributed by atoms with Crippen LogP contribution in [0, 0.1) is 0 Å². The Labute approximate surface area is 106 Å². The van der Waals surface area contributed by atoms with Crippen LogP contribution in [-0.2, 0) is 33.8 Å². The lowest BCUT2D eigenvalue weighted by molar-refractivity contribution is 0.226. The van der Waals surface area contributed by atoms with Gasteiger partial charge in [-0.3, -0.25) is 9.11 Å². The molecule has 108 valence electrons. The number of rotatable bonds is 10. The molecule has 2 N–H and O–H groups in total. The molecule has 0 atom stereocenters. The molecule has 18 heavy (non-hydrogen) atoms. The Kier molecular flexibility index (Phi) is 8.03. The second-order valence-corrected chi connectivity index (χ2v) is 7.28. The molecule has 0 aromatic rings. The van der Waals surface area contributed by atoms with Gasteiger partial charge in [-0.2, -0.15) is 16.8 Å². The van der Waals surface area contributed by atoms with Crippen molar-refractivity contribution in [1.29, 1.82) is 0 Å². The van der Waals surface area contributed by atoms with E-state index in [4.69, 9.17) is 9.11 Å². The minimum atomic E-state index is -4.07. The van der Waals surface area contributed by atoms with Crippen molar-refractivity contribution in [1.82, 2.24) is 0 Å². The molecule has 0 heterocycles. The van der Waals surface area contributed by atoms with Gasteiger partial charge in [-0.15, -0.1) is 9.05 Å². The summed E-state index contributed by atoms with van der Waals surface area (Å²) in [5.41, 5.74) is 0. The molecule has 0 rings (SSSR count). The van der Waals surface area contributed by atoms with Crippen molar-refractivity contribution < 1.29 is 39.6 Å². The van der Waals surface area contributed by atoms with Crippen LogP contribution in [0.5, 0.6) is 0 Å². The average Bonchev–Trinajstić information content (AvgIpc) is 2.17. The van der Waals surface area contributed by atoms with Crippen molar-refractivity contribution in [2.24, 2.45) is 0 Å². The first-order valence-corrected chi connectivity index (χ1v) is 9.05. The Morgan fingerprint density at radius 1 is 0.833 bits per heavy atom.